The molecule has 3 rings (SSSR count). The second kappa shape index (κ2) is 10.4. The van der Waals surface area contributed by atoms with Crippen LogP contribution in [0.1, 0.15) is 36.9 Å². The van der Waals surface area contributed by atoms with Crippen molar-refractivity contribution in [3.63, 3.8) is 0 Å². The van der Waals surface area contributed by atoms with Gasteiger partial charge in [-0.15, -0.1) is 0 Å². The molecule has 3 aromatic rings. The van der Waals surface area contributed by atoms with Gasteiger partial charge < -0.3 is 15.7 Å². The van der Waals surface area contributed by atoms with Crippen molar-refractivity contribution >= 4 is 28.6 Å². The number of carboxylic acids is 1. The van der Waals surface area contributed by atoms with Gasteiger partial charge >= 0.3 is 5.97 Å². The molecule has 0 saturated carbocycles. The summed E-state index contributed by atoms with van der Waals surface area (Å²) < 4.78 is 0. The van der Waals surface area contributed by atoms with Gasteiger partial charge in [0.2, 0.25) is 11.8 Å². The van der Waals surface area contributed by atoms with E-state index in [0.717, 1.165) is 21.9 Å². The Kier molecular flexibility index (Phi) is 7.38. The van der Waals surface area contributed by atoms with Crippen LogP contribution in [0.4, 0.5) is 0 Å². The predicted octanol–water partition coefficient (Wildman–Crippen LogP) is 3.61. The monoisotopic (exact) mass is 418 g/mol. The van der Waals surface area contributed by atoms with Gasteiger partial charge in [-0.25, -0.2) is 4.79 Å². The van der Waals surface area contributed by atoms with Crippen LogP contribution in [0.5, 0.6) is 0 Å². The molecule has 6 heteroatoms. The maximum absolute atomic E-state index is 12.3. The molecule has 6 nitrogen and oxygen atoms in total. The summed E-state index contributed by atoms with van der Waals surface area (Å²) in [7, 11) is 0. The normalized spacial score (nSPS) is 12.7. The van der Waals surface area contributed by atoms with Gasteiger partial charge in [-0.3, -0.25) is 9.59 Å². The average Bonchev–Trinajstić information content (AvgIpc) is 2.77. The van der Waals surface area contributed by atoms with E-state index >= 15 is 0 Å². The molecule has 3 N–H and O–H groups in total. The van der Waals surface area contributed by atoms with Crippen molar-refractivity contribution in [2.45, 2.75) is 38.3 Å². The molecule has 31 heavy (non-hydrogen) atoms. The number of aliphatic carboxylic acids is 1. The molecule has 2 atom stereocenters. The molecular formula is C25H26N2O4. The van der Waals surface area contributed by atoms with Gasteiger partial charge in [0.25, 0.3) is 0 Å². The smallest absolute Gasteiger partial charge is 0.326 e. The van der Waals surface area contributed by atoms with Gasteiger partial charge in [0.15, 0.2) is 0 Å². The van der Waals surface area contributed by atoms with E-state index in [1.807, 2.05) is 79.7 Å². The number of benzene rings is 3. The first kappa shape index (κ1) is 22.0. The number of carboxylic acid groups (broad SMARTS) is 1. The third-order valence-corrected chi connectivity index (χ3v) is 5.14. The predicted molar refractivity (Wildman–Crippen MR) is 119 cm³/mol. The minimum absolute atomic E-state index is 0.00861. The fourth-order valence-electron chi connectivity index (χ4n) is 3.43. The lowest BCUT2D eigenvalue weighted by molar-refractivity contribution is -0.141. The number of carbonyl (C=O) groups is 3. The van der Waals surface area contributed by atoms with Crippen LogP contribution in [0.15, 0.2) is 72.8 Å². The van der Waals surface area contributed by atoms with Crippen LogP contribution in [0.25, 0.3) is 10.8 Å². The Labute approximate surface area is 181 Å². The number of hydrogen-bond donors (Lipinski definition) is 3. The van der Waals surface area contributed by atoms with Crippen molar-refractivity contribution in [3.05, 3.63) is 83.9 Å². The van der Waals surface area contributed by atoms with Gasteiger partial charge in [-0.2, -0.15) is 0 Å². The Bertz CT molecular complexity index is 1070. The molecule has 0 unspecified atom stereocenters. The molecule has 0 heterocycles. The second-order valence-electron chi connectivity index (χ2n) is 7.54. The van der Waals surface area contributed by atoms with Crippen LogP contribution in [-0.4, -0.2) is 28.9 Å². The van der Waals surface area contributed by atoms with Crippen LogP contribution in [0.3, 0.4) is 0 Å². The highest BCUT2D eigenvalue weighted by molar-refractivity contribution is 5.87. The number of hydrogen-bond acceptors (Lipinski definition) is 3. The highest BCUT2D eigenvalue weighted by Crippen LogP contribution is 2.17. The largest absolute Gasteiger partial charge is 0.480 e. The van der Waals surface area contributed by atoms with Crippen LogP contribution < -0.4 is 10.6 Å². The van der Waals surface area contributed by atoms with Crippen molar-refractivity contribution in [1.29, 1.82) is 0 Å². The summed E-state index contributed by atoms with van der Waals surface area (Å²) in [5.41, 5.74) is 1.79. The van der Waals surface area contributed by atoms with Gasteiger partial charge in [-0.05, 0) is 28.8 Å². The Balaban J connectivity index is 1.51. The summed E-state index contributed by atoms with van der Waals surface area (Å²) in [6.45, 7) is 1.87. The molecule has 0 saturated heterocycles. The quantitative estimate of drug-likeness (QED) is 0.495. The van der Waals surface area contributed by atoms with Crippen molar-refractivity contribution in [2.24, 2.45) is 0 Å². The fourth-order valence-corrected chi connectivity index (χ4v) is 3.43. The van der Waals surface area contributed by atoms with Gasteiger partial charge in [0.05, 0.1) is 6.04 Å². The molecular weight excluding hydrogens is 392 g/mol. The van der Waals surface area contributed by atoms with Crippen molar-refractivity contribution in [1.82, 2.24) is 10.6 Å². The average molecular weight is 418 g/mol. The fraction of sp³-hybridized carbons (Fsp3) is 0.240. The Hall–Kier alpha value is -3.67. The van der Waals surface area contributed by atoms with E-state index in [-0.39, 0.29) is 31.2 Å². The zero-order valence-corrected chi connectivity index (χ0v) is 17.4. The topological polar surface area (TPSA) is 95.5 Å². The third-order valence-electron chi connectivity index (χ3n) is 5.14. The van der Waals surface area contributed by atoms with E-state index < -0.39 is 17.9 Å². The lowest BCUT2D eigenvalue weighted by Gasteiger charge is -2.16. The SMILES string of the molecule is C[C@@H](NC(=O)CCC(=O)N[C@@H](Cc1ccc2ccccc2c1)C(=O)O)c1ccccc1. The molecule has 0 fully saturated rings. The first-order valence-electron chi connectivity index (χ1n) is 10.3. The van der Waals surface area contributed by atoms with E-state index in [2.05, 4.69) is 10.6 Å². The maximum atomic E-state index is 12.3. The maximum Gasteiger partial charge on any atom is 0.326 e. The van der Waals surface area contributed by atoms with Crippen LogP contribution >= 0.6 is 0 Å². The summed E-state index contributed by atoms with van der Waals surface area (Å²) in [5.74, 6) is -1.83. The number of amides is 2. The Morgan fingerprint density at radius 2 is 1.42 bits per heavy atom. The molecule has 3 aromatic carbocycles. The standard InChI is InChI=1S/C25H26N2O4/c1-17(19-7-3-2-4-8-19)26-23(28)13-14-24(29)27-22(25(30)31)16-18-11-12-20-9-5-6-10-21(20)15-18/h2-12,15,17,22H,13-14,16H2,1H3,(H,26,28)(H,27,29)(H,30,31)/t17-,22+/m1/s1. The van der Waals surface area contributed by atoms with Crippen molar-refractivity contribution in [2.75, 3.05) is 0 Å². The molecule has 0 aliphatic carbocycles. The summed E-state index contributed by atoms with van der Waals surface area (Å²) in [4.78, 5) is 36.1. The highest BCUT2D eigenvalue weighted by atomic mass is 16.4. The lowest BCUT2D eigenvalue weighted by Crippen LogP contribution is -2.42. The van der Waals surface area contributed by atoms with Crippen LogP contribution in [0, 0.1) is 0 Å². The summed E-state index contributed by atoms with van der Waals surface area (Å²) in [6.07, 6.45) is 0.0866. The molecule has 2 amide bonds. The van der Waals surface area contributed by atoms with Crippen LogP contribution in [-0.2, 0) is 20.8 Å². The molecule has 0 aliphatic heterocycles. The summed E-state index contributed by atoms with van der Waals surface area (Å²) in [6, 6.07) is 21.8. The minimum atomic E-state index is -1.11. The first-order valence-corrected chi connectivity index (χ1v) is 10.3. The van der Waals surface area contributed by atoms with Gasteiger partial charge in [0, 0.05) is 19.3 Å². The van der Waals surface area contributed by atoms with Crippen molar-refractivity contribution < 1.29 is 19.5 Å². The number of carbonyl (C=O) groups excluding carboxylic acids is 2. The summed E-state index contributed by atoms with van der Waals surface area (Å²) in [5, 5.41) is 17.0. The Morgan fingerprint density at radius 3 is 2.10 bits per heavy atom. The van der Waals surface area contributed by atoms with E-state index in [0.29, 0.717) is 0 Å². The first-order chi connectivity index (χ1) is 14.9. The lowest BCUT2D eigenvalue weighted by atomic mass is 10.0. The molecule has 0 radical (unpaired) electrons. The zero-order chi connectivity index (χ0) is 22.2. The molecule has 0 aromatic heterocycles. The molecule has 0 bridgehead atoms. The number of fused-ring (bicyclic) bond motifs is 1. The van der Waals surface area contributed by atoms with E-state index in [9.17, 15) is 19.5 Å². The van der Waals surface area contributed by atoms with E-state index in [1.54, 1.807) is 0 Å². The third kappa shape index (κ3) is 6.40. The zero-order valence-electron chi connectivity index (χ0n) is 17.4. The molecule has 0 spiro atoms. The minimum Gasteiger partial charge on any atom is -0.480 e. The number of nitrogens with one attached hydrogen (secondary N) is 2. The van der Waals surface area contributed by atoms with Crippen molar-refractivity contribution in [3.8, 4) is 0 Å². The van der Waals surface area contributed by atoms with E-state index in [4.69, 9.17) is 0 Å². The Morgan fingerprint density at radius 1 is 0.806 bits per heavy atom. The van der Waals surface area contributed by atoms with Gasteiger partial charge in [0.1, 0.15) is 6.04 Å². The van der Waals surface area contributed by atoms with Gasteiger partial charge in [-0.1, -0.05) is 72.8 Å². The highest BCUT2D eigenvalue weighted by Gasteiger charge is 2.21. The molecule has 0 aliphatic rings. The number of rotatable bonds is 9. The molecule has 160 valence electrons. The summed E-state index contributed by atoms with van der Waals surface area (Å²) >= 11 is 0. The van der Waals surface area contributed by atoms with E-state index in [1.165, 1.54) is 0 Å². The van der Waals surface area contributed by atoms with Crippen LogP contribution in [0.2, 0.25) is 0 Å². The second-order valence-corrected chi connectivity index (χ2v) is 7.54.